The molecule has 1 saturated heterocycles. The quantitative estimate of drug-likeness (QED) is 0.869. The van der Waals surface area contributed by atoms with Crippen LogP contribution < -0.4 is 14.5 Å². The van der Waals surface area contributed by atoms with E-state index in [0.29, 0.717) is 6.61 Å². The SMILES string of the molecule is CCOc1ccc(N=c2scc(C)n2N2CCOCC2)cc1. The van der Waals surface area contributed by atoms with E-state index in [9.17, 15) is 0 Å². The Hall–Kier alpha value is -1.79. The van der Waals surface area contributed by atoms with E-state index >= 15 is 0 Å². The summed E-state index contributed by atoms with van der Waals surface area (Å²) < 4.78 is 13.1. The lowest BCUT2D eigenvalue weighted by atomic mass is 10.3. The van der Waals surface area contributed by atoms with Crippen LogP contribution in [-0.2, 0) is 4.74 Å². The molecule has 6 heteroatoms. The highest BCUT2D eigenvalue weighted by Gasteiger charge is 2.14. The lowest BCUT2D eigenvalue weighted by Crippen LogP contribution is -2.48. The van der Waals surface area contributed by atoms with E-state index in [4.69, 9.17) is 14.5 Å². The van der Waals surface area contributed by atoms with Crippen LogP contribution >= 0.6 is 11.3 Å². The second-order valence-electron chi connectivity index (χ2n) is 5.08. The number of morpholine rings is 1. The van der Waals surface area contributed by atoms with Gasteiger partial charge in [-0.25, -0.2) is 9.67 Å². The average molecular weight is 319 g/mol. The molecule has 22 heavy (non-hydrogen) atoms. The molecule has 2 heterocycles. The van der Waals surface area contributed by atoms with Gasteiger partial charge in [0.15, 0.2) is 0 Å². The fourth-order valence-electron chi connectivity index (χ4n) is 2.45. The molecule has 0 bridgehead atoms. The highest BCUT2D eigenvalue weighted by Crippen LogP contribution is 2.18. The zero-order valence-electron chi connectivity index (χ0n) is 13.0. The fourth-order valence-corrected chi connectivity index (χ4v) is 3.35. The average Bonchev–Trinajstić information content (AvgIpc) is 2.91. The van der Waals surface area contributed by atoms with Gasteiger partial charge in [-0.15, -0.1) is 11.3 Å². The summed E-state index contributed by atoms with van der Waals surface area (Å²) in [5.41, 5.74) is 2.14. The maximum atomic E-state index is 5.47. The first kappa shape index (κ1) is 15.1. The first-order valence-corrected chi connectivity index (χ1v) is 8.43. The molecule has 3 rings (SSSR count). The zero-order chi connectivity index (χ0) is 15.4. The zero-order valence-corrected chi connectivity index (χ0v) is 13.8. The Kier molecular flexibility index (Phi) is 4.80. The summed E-state index contributed by atoms with van der Waals surface area (Å²) in [4.78, 5) is 5.77. The van der Waals surface area contributed by atoms with Crippen molar-refractivity contribution < 1.29 is 9.47 Å². The standard InChI is InChI=1S/C16H21N3O2S/c1-3-21-15-6-4-14(5-7-15)17-16-19(13(2)12-22-16)18-8-10-20-11-9-18/h4-7,12H,3,8-11H2,1-2H3. The maximum Gasteiger partial charge on any atom is 0.209 e. The van der Waals surface area contributed by atoms with Crippen LogP contribution in [0, 0.1) is 6.92 Å². The molecular weight excluding hydrogens is 298 g/mol. The molecule has 0 N–H and O–H groups in total. The van der Waals surface area contributed by atoms with E-state index in [2.05, 4.69) is 22.0 Å². The Bertz CT molecular complexity index is 669. The Morgan fingerprint density at radius 3 is 2.64 bits per heavy atom. The van der Waals surface area contributed by atoms with Crippen LogP contribution in [0.3, 0.4) is 0 Å². The number of hydrogen-bond acceptors (Lipinski definition) is 5. The first-order valence-electron chi connectivity index (χ1n) is 7.55. The molecule has 1 aliphatic heterocycles. The Labute approximate surface area is 134 Å². The summed E-state index contributed by atoms with van der Waals surface area (Å²) in [6.07, 6.45) is 0. The van der Waals surface area contributed by atoms with E-state index < -0.39 is 0 Å². The van der Waals surface area contributed by atoms with Crippen molar-refractivity contribution >= 4 is 17.0 Å². The molecule has 1 aromatic carbocycles. The number of thiazole rings is 1. The van der Waals surface area contributed by atoms with E-state index in [1.54, 1.807) is 11.3 Å². The Balaban J connectivity index is 1.90. The van der Waals surface area contributed by atoms with Gasteiger partial charge in [0.25, 0.3) is 0 Å². The van der Waals surface area contributed by atoms with Gasteiger partial charge < -0.3 is 14.5 Å². The fraction of sp³-hybridized carbons (Fsp3) is 0.438. The van der Waals surface area contributed by atoms with Gasteiger partial charge in [-0.2, -0.15) is 0 Å². The molecule has 0 spiro atoms. The van der Waals surface area contributed by atoms with E-state index in [0.717, 1.165) is 42.5 Å². The maximum absolute atomic E-state index is 5.47. The van der Waals surface area contributed by atoms with Crippen molar-refractivity contribution in [2.24, 2.45) is 4.99 Å². The smallest absolute Gasteiger partial charge is 0.209 e. The Morgan fingerprint density at radius 2 is 1.95 bits per heavy atom. The normalized spacial score (nSPS) is 16.1. The third-order valence-electron chi connectivity index (χ3n) is 3.49. The predicted octanol–water partition coefficient (Wildman–Crippen LogP) is 2.46. The van der Waals surface area contributed by atoms with Crippen LogP contribution in [0.1, 0.15) is 12.6 Å². The second kappa shape index (κ2) is 6.98. The number of nitrogens with zero attached hydrogens (tertiary/aromatic N) is 3. The largest absolute Gasteiger partial charge is 0.494 e. The number of aryl methyl sites for hydroxylation is 1. The third kappa shape index (κ3) is 3.34. The van der Waals surface area contributed by atoms with Crippen LogP contribution in [-0.4, -0.2) is 37.6 Å². The van der Waals surface area contributed by atoms with Crippen molar-refractivity contribution in [3.63, 3.8) is 0 Å². The molecule has 0 saturated carbocycles. The summed E-state index contributed by atoms with van der Waals surface area (Å²) in [6, 6.07) is 7.90. The van der Waals surface area contributed by atoms with E-state index in [1.807, 2.05) is 31.2 Å². The molecule has 1 aromatic heterocycles. The van der Waals surface area contributed by atoms with Gasteiger partial charge in [0, 0.05) is 11.1 Å². The molecule has 118 valence electrons. The molecule has 0 amide bonds. The number of rotatable bonds is 4. The number of aromatic nitrogens is 1. The Morgan fingerprint density at radius 1 is 1.23 bits per heavy atom. The number of hydrogen-bond donors (Lipinski definition) is 0. The van der Waals surface area contributed by atoms with Gasteiger partial charge in [-0.05, 0) is 38.1 Å². The minimum atomic E-state index is 0.678. The minimum Gasteiger partial charge on any atom is -0.494 e. The second-order valence-corrected chi connectivity index (χ2v) is 5.91. The van der Waals surface area contributed by atoms with Crippen molar-refractivity contribution in [3.05, 3.63) is 40.1 Å². The lowest BCUT2D eigenvalue weighted by molar-refractivity contribution is 0.110. The summed E-state index contributed by atoms with van der Waals surface area (Å²) in [6.45, 7) is 8.11. The van der Waals surface area contributed by atoms with Gasteiger partial charge in [0.05, 0.1) is 38.6 Å². The molecule has 1 fully saturated rings. The molecule has 5 nitrogen and oxygen atoms in total. The van der Waals surface area contributed by atoms with E-state index in [-0.39, 0.29) is 0 Å². The van der Waals surface area contributed by atoms with Crippen LogP contribution in [0.5, 0.6) is 5.75 Å². The summed E-state index contributed by atoms with van der Waals surface area (Å²) >= 11 is 1.66. The van der Waals surface area contributed by atoms with Crippen molar-refractivity contribution in [2.75, 3.05) is 37.9 Å². The summed E-state index contributed by atoms with van der Waals surface area (Å²) in [5.74, 6) is 0.880. The number of ether oxygens (including phenoxy) is 2. The van der Waals surface area contributed by atoms with Gasteiger partial charge in [-0.1, -0.05) is 0 Å². The molecular formula is C16H21N3O2S. The minimum absolute atomic E-state index is 0.678. The molecule has 0 radical (unpaired) electrons. The third-order valence-corrected chi connectivity index (χ3v) is 4.43. The van der Waals surface area contributed by atoms with Crippen LogP contribution in [0.15, 0.2) is 34.6 Å². The van der Waals surface area contributed by atoms with Crippen LogP contribution in [0.25, 0.3) is 0 Å². The lowest BCUT2D eigenvalue weighted by Gasteiger charge is -2.30. The summed E-state index contributed by atoms with van der Waals surface area (Å²) in [5, 5.41) is 4.44. The van der Waals surface area contributed by atoms with Crippen molar-refractivity contribution in [1.29, 1.82) is 0 Å². The van der Waals surface area contributed by atoms with E-state index in [1.165, 1.54) is 5.69 Å². The first-order chi connectivity index (χ1) is 10.8. The van der Waals surface area contributed by atoms with Crippen LogP contribution in [0.2, 0.25) is 0 Å². The van der Waals surface area contributed by atoms with Gasteiger partial charge in [0.2, 0.25) is 4.80 Å². The highest BCUT2D eigenvalue weighted by molar-refractivity contribution is 7.07. The van der Waals surface area contributed by atoms with Crippen molar-refractivity contribution in [3.8, 4) is 5.75 Å². The molecule has 0 atom stereocenters. The van der Waals surface area contributed by atoms with Crippen molar-refractivity contribution in [2.45, 2.75) is 13.8 Å². The topological polar surface area (TPSA) is 39.0 Å². The van der Waals surface area contributed by atoms with Gasteiger partial charge in [0.1, 0.15) is 5.75 Å². The molecule has 2 aromatic rings. The molecule has 0 unspecified atom stereocenters. The monoisotopic (exact) mass is 319 g/mol. The predicted molar refractivity (Wildman–Crippen MR) is 88.7 cm³/mol. The number of benzene rings is 1. The summed E-state index contributed by atoms with van der Waals surface area (Å²) in [7, 11) is 0. The van der Waals surface area contributed by atoms with Gasteiger partial charge in [-0.3, -0.25) is 0 Å². The molecule has 0 aliphatic carbocycles. The molecule has 1 aliphatic rings. The highest BCUT2D eigenvalue weighted by atomic mass is 32.1. The van der Waals surface area contributed by atoms with Crippen molar-refractivity contribution in [1.82, 2.24) is 4.68 Å². The van der Waals surface area contributed by atoms with Gasteiger partial charge >= 0.3 is 0 Å². The van der Waals surface area contributed by atoms with Crippen LogP contribution in [0.4, 0.5) is 5.69 Å².